The summed E-state index contributed by atoms with van der Waals surface area (Å²) in [5, 5.41) is 12.1. The van der Waals surface area contributed by atoms with E-state index in [-0.39, 0.29) is 6.61 Å². The van der Waals surface area contributed by atoms with Crippen molar-refractivity contribution in [1.29, 1.82) is 0 Å². The van der Waals surface area contributed by atoms with Crippen LogP contribution in [-0.4, -0.2) is 38.2 Å². The van der Waals surface area contributed by atoms with Crippen LogP contribution in [0.15, 0.2) is 41.5 Å². The first-order valence-corrected chi connectivity index (χ1v) is 12.4. The molecule has 11 heteroatoms. The molecule has 0 bridgehead atoms. The number of hydrogen-bond donors (Lipinski definition) is 1. The van der Waals surface area contributed by atoms with Crippen molar-refractivity contribution in [2.45, 2.75) is 39.7 Å². The van der Waals surface area contributed by atoms with Gasteiger partial charge in [0, 0.05) is 6.42 Å². The summed E-state index contributed by atoms with van der Waals surface area (Å²) in [6.45, 7) is 5.48. The van der Waals surface area contributed by atoms with Crippen molar-refractivity contribution in [2.24, 2.45) is 0 Å². The second-order valence-electron chi connectivity index (χ2n) is 7.58. The number of thiophene rings is 1. The number of aryl methyl sites for hydroxylation is 2. The molecule has 0 aliphatic rings. The number of nitrogens with one attached hydrogen (secondary N) is 1. The minimum Gasteiger partial charge on any atom is -0.461 e. The van der Waals surface area contributed by atoms with Crippen LogP contribution in [0.4, 0.5) is 5.13 Å². The number of fused-ring (bicyclic) bond motifs is 1. The summed E-state index contributed by atoms with van der Waals surface area (Å²) in [6, 6.07) is 8.90. The molecule has 0 aliphatic heterocycles. The van der Waals surface area contributed by atoms with Crippen LogP contribution in [0, 0.1) is 6.92 Å². The molecule has 1 aromatic carbocycles. The fourth-order valence-electron chi connectivity index (χ4n) is 3.36. The number of hydrogen-bond acceptors (Lipinski definition) is 9. The van der Waals surface area contributed by atoms with E-state index >= 15 is 0 Å². The van der Waals surface area contributed by atoms with Gasteiger partial charge in [-0.3, -0.25) is 19.5 Å². The van der Waals surface area contributed by atoms with Crippen LogP contribution in [0.1, 0.15) is 45.7 Å². The number of carbonyl (C=O) groups excluding carboxylic acids is 2. The highest BCUT2D eigenvalue weighted by Gasteiger charge is 2.24. The summed E-state index contributed by atoms with van der Waals surface area (Å²) in [4.78, 5) is 43.7. The van der Waals surface area contributed by atoms with Crippen molar-refractivity contribution in [3.63, 3.8) is 0 Å². The Labute approximate surface area is 203 Å². The van der Waals surface area contributed by atoms with E-state index in [1.807, 2.05) is 37.3 Å². The van der Waals surface area contributed by atoms with Crippen LogP contribution in [0.25, 0.3) is 10.2 Å². The van der Waals surface area contributed by atoms with Gasteiger partial charge in [-0.15, -0.1) is 21.5 Å². The average Bonchev–Trinajstić information content (AvgIpc) is 3.43. The summed E-state index contributed by atoms with van der Waals surface area (Å²) >= 11 is 2.40. The Kier molecular flexibility index (Phi) is 7.13. The van der Waals surface area contributed by atoms with E-state index in [9.17, 15) is 14.4 Å². The number of esters is 1. The third-order valence-corrected chi connectivity index (χ3v) is 7.49. The van der Waals surface area contributed by atoms with Crippen LogP contribution >= 0.6 is 22.7 Å². The molecule has 0 fully saturated rings. The Hall–Kier alpha value is -3.44. The van der Waals surface area contributed by atoms with Crippen molar-refractivity contribution >= 4 is 49.9 Å². The zero-order valence-electron chi connectivity index (χ0n) is 18.9. The van der Waals surface area contributed by atoms with E-state index in [1.165, 1.54) is 22.2 Å². The maximum Gasteiger partial charge on any atom is 0.348 e. The predicted molar refractivity (Wildman–Crippen MR) is 132 cm³/mol. The number of carbonyl (C=O) groups is 2. The number of rotatable bonds is 8. The number of aromatic nitrogens is 4. The standard InChI is InChI=1S/C23H23N5O4S2/c1-4-16-26-27-23(33-16)25-19(29)14(3)28-12-24-20-17(21(28)30)13(2)18(34-20)22(31)32-11-10-15-8-6-5-7-9-15/h5-9,12,14H,4,10-11H2,1-3H3,(H,25,27,29). The smallest absolute Gasteiger partial charge is 0.348 e. The summed E-state index contributed by atoms with van der Waals surface area (Å²) in [6.07, 6.45) is 2.65. The summed E-state index contributed by atoms with van der Waals surface area (Å²) < 4.78 is 6.69. The number of anilines is 1. The quantitative estimate of drug-likeness (QED) is 0.368. The van der Waals surface area contributed by atoms with Crippen LogP contribution < -0.4 is 10.9 Å². The predicted octanol–water partition coefficient (Wildman–Crippen LogP) is 3.78. The fourth-order valence-corrected chi connectivity index (χ4v) is 5.08. The molecule has 1 N–H and O–H groups in total. The average molecular weight is 498 g/mol. The highest BCUT2D eigenvalue weighted by Crippen LogP contribution is 2.28. The molecule has 1 amide bonds. The summed E-state index contributed by atoms with van der Waals surface area (Å²) in [5.41, 5.74) is 1.18. The zero-order valence-corrected chi connectivity index (χ0v) is 20.5. The van der Waals surface area contributed by atoms with E-state index in [1.54, 1.807) is 13.8 Å². The highest BCUT2D eigenvalue weighted by atomic mass is 32.1. The first-order valence-electron chi connectivity index (χ1n) is 10.7. The van der Waals surface area contributed by atoms with Crippen molar-refractivity contribution < 1.29 is 14.3 Å². The van der Waals surface area contributed by atoms with Gasteiger partial charge in [-0.05, 0) is 31.4 Å². The molecule has 0 spiro atoms. The molecular formula is C23H23N5O4S2. The fraction of sp³-hybridized carbons (Fsp3) is 0.304. The molecule has 0 aliphatic carbocycles. The molecular weight excluding hydrogens is 474 g/mol. The maximum absolute atomic E-state index is 13.2. The van der Waals surface area contributed by atoms with Gasteiger partial charge >= 0.3 is 5.97 Å². The number of ether oxygens (including phenoxy) is 1. The minimum atomic E-state index is -0.834. The van der Waals surface area contributed by atoms with E-state index in [4.69, 9.17) is 4.74 Å². The van der Waals surface area contributed by atoms with Gasteiger partial charge in [0.15, 0.2) is 0 Å². The first kappa shape index (κ1) is 23.7. The Morgan fingerprint density at radius 2 is 1.94 bits per heavy atom. The second-order valence-corrected chi connectivity index (χ2v) is 9.65. The number of amides is 1. The lowest BCUT2D eigenvalue weighted by atomic mass is 10.2. The van der Waals surface area contributed by atoms with Crippen LogP contribution in [0.2, 0.25) is 0 Å². The van der Waals surface area contributed by atoms with Gasteiger partial charge in [0.1, 0.15) is 20.8 Å². The first-order chi connectivity index (χ1) is 16.4. The van der Waals surface area contributed by atoms with E-state index in [0.29, 0.717) is 32.2 Å². The van der Waals surface area contributed by atoms with Crippen molar-refractivity contribution in [1.82, 2.24) is 19.7 Å². The molecule has 1 unspecified atom stereocenters. The lowest BCUT2D eigenvalue weighted by Crippen LogP contribution is -2.31. The largest absolute Gasteiger partial charge is 0.461 e. The van der Waals surface area contributed by atoms with Crippen LogP contribution in [0.3, 0.4) is 0 Å². The second kappa shape index (κ2) is 10.2. The van der Waals surface area contributed by atoms with Gasteiger partial charge in [-0.1, -0.05) is 48.6 Å². The van der Waals surface area contributed by atoms with E-state index in [0.717, 1.165) is 28.3 Å². The summed E-state index contributed by atoms with van der Waals surface area (Å²) in [7, 11) is 0. The van der Waals surface area contributed by atoms with Crippen LogP contribution in [0.5, 0.6) is 0 Å². The molecule has 3 heterocycles. The number of benzene rings is 1. The third-order valence-electron chi connectivity index (χ3n) is 5.32. The molecule has 0 radical (unpaired) electrons. The third kappa shape index (κ3) is 4.90. The SMILES string of the molecule is CCc1nnc(NC(=O)C(C)n2cnc3sc(C(=O)OCCc4ccccc4)c(C)c3c2=O)s1. The molecule has 9 nitrogen and oxygen atoms in total. The van der Waals surface area contributed by atoms with Gasteiger partial charge in [-0.2, -0.15) is 0 Å². The lowest BCUT2D eigenvalue weighted by molar-refractivity contribution is -0.118. The van der Waals surface area contributed by atoms with Gasteiger partial charge in [0.05, 0.1) is 18.3 Å². The van der Waals surface area contributed by atoms with E-state index in [2.05, 4.69) is 20.5 Å². The van der Waals surface area contributed by atoms with Gasteiger partial charge in [0.25, 0.3) is 5.56 Å². The minimum absolute atomic E-state index is 0.233. The van der Waals surface area contributed by atoms with Crippen LogP contribution in [-0.2, 0) is 22.4 Å². The molecule has 3 aromatic heterocycles. The monoisotopic (exact) mass is 497 g/mol. The van der Waals surface area contributed by atoms with Gasteiger partial charge in [0.2, 0.25) is 11.0 Å². The van der Waals surface area contributed by atoms with Crippen molar-refractivity contribution in [3.8, 4) is 0 Å². The Morgan fingerprint density at radius 3 is 2.65 bits per heavy atom. The molecule has 176 valence electrons. The molecule has 4 aromatic rings. The van der Waals surface area contributed by atoms with Gasteiger partial charge in [-0.25, -0.2) is 9.78 Å². The normalized spacial score (nSPS) is 12.0. The lowest BCUT2D eigenvalue weighted by Gasteiger charge is -2.13. The molecule has 1 atom stereocenters. The Bertz CT molecular complexity index is 1390. The van der Waals surface area contributed by atoms with Gasteiger partial charge < -0.3 is 4.74 Å². The van der Waals surface area contributed by atoms with E-state index < -0.39 is 23.5 Å². The Balaban J connectivity index is 1.51. The topological polar surface area (TPSA) is 116 Å². The molecule has 0 saturated heterocycles. The van der Waals surface area contributed by atoms with Crippen molar-refractivity contribution in [3.05, 3.63) is 68.0 Å². The highest BCUT2D eigenvalue weighted by molar-refractivity contribution is 7.20. The molecule has 34 heavy (non-hydrogen) atoms. The Morgan fingerprint density at radius 1 is 1.18 bits per heavy atom. The molecule has 4 rings (SSSR count). The van der Waals surface area contributed by atoms with Crippen molar-refractivity contribution in [2.75, 3.05) is 11.9 Å². The maximum atomic E-state index is 13.2. The summed E-state index contributed by atoms with van der Waals surface area (Å²) in [5.74, 6) is -0.897. The zero-order chi connectivity index (χ0) is 24.2. The molecule has 0 saturated carbocycles. The number of nitrogens with zero attached hydrogens (tertiary/aromatic N) is 4.